The molecule has 0 nitrogen and oxygen atoms in total. The van der Waals surface area contributed by atoms with Gasteiger partial charge in [-0.3, -0.25) is 0 Å². The summed E-state index contributed by atoms with van der Waals surface area (Å²) in [5.74, 6) is 0.700. The molecule has 0 saturated heterocycles. The van der Waals surface area contributed by atoms with E-state index in [1.165, 1.54) is 23.1 Å². The molecule has 0 aliphatic heterocycles. The van der Waals surface area contributed by atoms with Gasteiger partial charge in [0.05, 0.1) is 0 Å². The lowest BCUT2D eigenvalue weighted by molar-refractivity contribution is 0.742. The summed E-state index contributed by atoms with van der Waals surface area (Å²) in [7, 11) is 0. The SMILES string of the molecule is CC1=Cc2ccccc2C(C)C1. The van der Waals surface area contributed by atoms with E-state index >= 15 is 0 Å². The Morgan fingerprint density at radius 3 is 2.83 bits per heavy atom. The first-order chi connectivity index (χ1) is 5.77. The summed E-state index contributed by atoms with van der Waals surface area (Å²) < 4.78 is 0. The van der Waals surface area contributed by atoms with Gasteiger partial charge in [-0.2, -0.15) is 0 Å². The van der Waals surface area contributed by atoms with Crippen LogP contribution in [0.3, 0.4) is 0 Å². The fourth-order valence-electron chi connectivity index (χ4n) is 2.01. The third-order valence-corrected chi connectivity index (χ3v) is 2.56. The Morgan fingerprint density at radius 2 is 2.00 bits per heavy atom. The van der Waals surface area contributed by atoms with Gasteiger partial charge in [-0.25, -0.2) is 0 Å². The second kappa shape index (κ2) is 2.78. The van der Waals surface area contributed by atoms with E-state index in [0.29, 0.717) is 5.92 Å². The summed E-state index contributed by atoms with van der Waals surface area (Å²) in [5, 5.41) is 0. The molecule has 0 heteroatoms. The second-order valence-corrected chi connectivity index (χ2v) is 3.72. The summed E-state index contributed by atoms with van der Waals surface area (Å²) in [4.78, 5) is 0. The van der Waals surface area contributed by atoms with Crippen molar-refractivity contribution in [2.75, 3.05) is 0 Å². The molecule has 0 fully saturated rings. The molecule has 12 heavy (non-hydrogen) atoms. The number of benzene rings is 1. The van der Waals surface area contributed by atoms with Crippen LogP contribution in [0.1, 0.15) is 37.3 Å². The molecule has 62 valence electrons. The number of hydrogen-bond acceptors (Lipinski definition) is 0. The highest BCUT2D eigenvalue weighted by Gasteiger charge is 2.13. The lowest BCUT2D eigenvalue weighted by atomic mass is 9.85. The highest BCUT2D eigenvalue weighted by Crippen LogP contribution is 2.32. The Morgan fingerprint density at radius 1 is 1.25 bits per heavy atom. The Kier molecular flexibility index (Phi) is 1.76. The zero-order chi connectivity index (χ0) is 8.55. The molecule has 0 spiro atoms. The van der Waals surface area contributed by atoms with E-state index in [0.717, 1.165) is 0 Å². The highest BCUT2D eigenvalue weighted by atomic mass is 14.2. The molecular weight excluding hydrogens is 144 g/mol. The van der Waals surface area contributed by atoms with Crippen LogP contribution in [0.25, 0.3) is 6.08 Å². The lowest BCUT2D eigenvalue weighted by Gasteiger charge is -2.20. The third kappa shape index (κ3) is 1.18. The van der Waals surface area contributed by atoms with Crippen molar-refractivity contribution < 1.29 is 0 Å². The van der Waals surface area contributed by atoms with E-state index in [4.69, 9.17) is 0 Å². The zero-order valence-corrected chi connectivity index (χ0v) is 7.67. The van der Waals surface area contributed by atoms with Crippen LogP contribution in [0.15, 0.2) is 29.8 Å². The van der Waals surface area contributed by atoms with Gasteiger partial charge >= 0.3 is 0 Å². The van der Waals surface area contributed by atoms with Crippen LogP contribution in [-0.4, -0.2) is 0 Å². The van der Waals surface area contributed by atoms with Crippen LogP contribution in [0.4, 0.5) is 0 Å². The van der Waals surface area contributed by atoms with E-state index in [1.54, 1.807) is 0 Å². The third-order valence-electron chi connectivity index (χ3n) is 2.56. The van der Waals surface area contributed by atoms with Crippen LogP contribution in [0.2, 0.25) is 0 Å². The van der Waals surface area contributed by atoms with Gasteiger partial charge in [0.2, 0.25) is 0 Å². The van der Waals surface area contributed by atoms with Crippen molar-refractivity contribution in [3.8, 4) is 0 Å². The van der Waals surface area contributed by atoms with Gasteiger partial charge in [-0.05, 0) is 30.4 Å². The van der Waals surface area contributed by atoms with Gasteiger partial charge in [0.1, 0.15) is 0 Å². The van der Waals surface area contributed by atoms with Crippen molar-refractivity contribution in [2.24, 2.45) is 0 Å². The molecule has 0 saturated carbocycles. The predicted molar refractivity (Wildman–Crippen MR) is 53.1 cm³/mol. The fraction of sp³-hybridized carbons (Fsp3) is 0.333. The zero-order valence-electron chi connectivity index (χ0n) is 7.67. The van der Waals surface area contributed by atoms with Gasteiger partial charge in [0.15, 0.2) is 0 Å². The molecule has 1 aliphatic rings. The van der Waals surface area contributed by atoms with E-state index in [-0.39, 0.29) is 0 Å². The van der Waals surface area contributed by atoms with Crippen molar-refractivity contribution in [2.45, 2.75) is 26.2 Å². The summed E-state index contributed by atoms with van der Waals surface area (Å²) in [5.41, 5.74) is 4.41. The smallest absolute Gasteiger partial charge is 0.0147 e. The predicted octanol–water partition coefficient (Wildman–Crippen LogP) is 3.60. The fourth-order valence-corrected chi connectivity index (χ4v) is 2.01. The van der Waals surface area contributed by atoms with E-state index in [2.05, 4.69) is 44.2 Å². The molecule has 1 aromatic carbocycles. The first kappa shape index (κ1) is 7.60. The molecule has 0 bridgehead atoms. The molecule has 1 aromatic rings. The van der Waals surface area contributed by atoms with Crippen molar-refractivity contribution in [3.05, 3.63) is 41.0 Å². The van der Waals surface area contributed by atoms with Crippen molar-refractivity contribution >= 4 is 6.08 Å². The molecule has 0 N–H and O–H groups in total. The molecule has 0 radical (unpaired) electrons. The van der Waals surface area contributed by atoms with Gasteiger partial charge in [-0.15, -0.1) is 0 Å². The number of hydrogen-bond donors (Lipinski definition) is 0. The van der Waals surface area contributed by atoms with Gasteiger partial charge < -0.3 is 0 Å². The standard InChI is InChI=1S/C12H14/c1-9-7-10(2)12-6-4-3-5-11(12)8-9/h3-6,8,10H,7H2,1-2H3. The van der Waals surface area contributed by atoms with Gasteiger partial charge in [0.25, 0.3) is 0 Å². The summed E-state index contributed by atoms with van der Waals surface area (Å²) >= 11 is 0. The molecule has 1 atom stereocenters. The van der Waals surface area contributed by atoms with Crippen molar-refractivity contribution in [1.82, 2.24) is 0 Å². The normalized spacial score (nSPS) is 21.5. The Balaban J connectivity index is 2.55. The number of fused-ring (bicyclic) bond motifs is 1. The Labute approximate surface area is 73.9 Å². The second-order valence-electron chi connectivity index (χ2n) is 3.72. The lowest BCUT2D eigenvalue weighted by Crippen LogP contribution is -2.01. The summed E-state index contributed by atoms with van der Waals surface area (Å²) in [6.45, 7) is 4.52. The van der Waals surface area contributed by atoms with Crippen LogP contribution in [0, 0.1) is 0 Å². The molecular formula is C12H14. The van der Waals surface area contributed by atoms with Crippen molar-refractivity contribution in [3.63, 3.8) is 0 Å². The van der Waals surface area contributed by atoms with Gasteiger partial charge in [-0.1, -0.05) is 42.8 Å². The first-order valence-corrected chi connectivity index (χ1v) is 4.53. The van der Waals surface area contributed by atoms with Crippen molar-refractivity contribution in [1.29, 1.82) is 0 Å². The summed E-state index contributed by atoms with van der Waals surface area (Å²) in [6.07, 6.45) is 3.52. The molecule has 1 aliphatic carbocycles. The minimum Gasteiger partial charge on any atom is -0.0721 e. The molecule has 1 unspecified atom stereocenters. The molecule has 2 rings (SSSR count). The first-order valence-electron chi connectivity index (χ1n) is 4.53. The average molecular weight is 158 g/mol. The molecule has 0 heterocycles. The number of allylic oxidation sites excluding steroid dienone is 1. The molecule has 0 aromatic heterocycles. The Hall–Kier alpha value is -1.04. The minimum absolute atomic E-state index is 0.700. The van der Waals surface area contributed by atoms with E-state index in [9.17, 15) is 0 Å². The topological polar surface area (TPSA) is 0 Å². The van der Waals surface area contributed by atoms with Crippen LogP contribution in [-0.2, 0) is 0 Å². The maximum atomic E-state index is 2.30. The number of rotatable bonds is 0. The van der Waals surface area contributed by atoms with Crippen LogP contribution >= 0.6 is 0 Å². The van der Waals surface area contributed by atoms with E-state index in [1.807, 2.05) is 0 Å². The van der Waals surface area contributed by atoms with Gasteiger partial charge in [0, 0.05) is 0 Å². The maximum absolute atomic E-state index is 2.30. The van der Waals surface area contributed by atoms with Crippen LogP contribution in [0.5, 0.6) is 0 Å². The maximum Gasteiger partial charge on any atom is -0.0147 e. The highest BCUT2D eigenvalue weighted by molar-refractivity contribution is 5.60. The van der Waals surface area contributed by atoms with Crippen LogP contribution < -0.4 is 0 Å². The monoisotopic (exact) mass is 158 g/mol. The van der Waals surface area contributed by atoms with E-state index < -0.39 is 0 Å². The molecule has 0 amide bonds. The average Bonchev–Trinajstić information content (AvgIpc) is 2.04. The largest absolute Gasteiger partial charge is 0.0721 e. The minimum atomic E-state index is 0.700. The summed E-state index contributed by atoms with van der Waals surface area (Å²) in [6, 6.07) is 8.68. The Bertz CT molecular complexity index is 321. The quantitative estimate of drug-likeness (QED) is 0.541.